The molecule has 4 N–H and O–H groups in total. The molecule has 0 radical (unpaired) electrons. The lowest BCUT2D eigenvalue weighted by Gasteiger charge is -2.56. The summed E-state index contributed by atoms with van der Waals surface area (Å²) in [6.45, 7) is 3.51. The second-order valence-electron chi connectivity index (χ2n) is 9.58. The Morgan fingerprint density at radius 2 is 1.62 bits per heavy atom. The van der Waals surface area contributed by atoms with Gasteiger partial charge in [0.1, 0.15) is 6.04 Å². The Morgan fingerprint density at radius 3 is 2.17 bits per heavy atom. The number of nitrogens with two attached hydrogens (primary N) is 1. The van der Waals surface area contributed by atoms with E-state index in [1.54, 1.807) is 12.2 Å². The number of rotatable bonds is 5. The number of carbonyl (C=O) groups is 2. The fourth-order valence-electron chi connectivity index (χ4n) is 6.19. The van der Waals surface area contributed by atoms with Crippen LogP contribution in [0.5, 0.6) is 0 Å². The summed E-state index contributed by atoms with van der Waals surface area (Å²) < 4.78 is 26.6. The molecule has 0 aliphatic heterocycles. The smallest absolute Gasteiger partial charge is 0.322 e. The lowest BCUT2D eigenvalue weighted by molar-refractivity contribution is -0.710. The molecule has 0 spiro atoms. The Labute approximate surface area is 170 Å². The van der Waals surface area contributed by atoms with E-state index in [1.165, 1.54) is 25.3 Å². The van der Waals surface area contributed by atoms with Gasteiger partial charge in [0.05, 0.1) is 0 Å². The first kappa shape index (κ1) is 20.3. The Hall–Kier alpha value is -2.02. The minimum absolute atomic E-state index is 0.148. The van der Waals surface area contributed by atoms with Crippen LogP contribution < -0.4 is 16.0 Å². The third-order valence-electron chi connectivity index (χ3n) is 7.11. The van der Waals surface area contributed by atoms with Gasteiger partial charge in [-0.25, -0.2) is 13.6 Å². The van der Waals surface area contributed by atoms with Crippen molar-refractivity contribution in [2.45, 2.75) is 70.0 Å². The van der Waals surface area contributed by atoms with Gasteiger partial charge in [0, 0.05) is 11.1 Å². The summed E-state index contributed by atoms with van der Waals surface area (Å²) in [7, 11) is 0. The molecule has 1 aromatic carbocycles. The molecule has 4 fully saturated rings. The summed E-state index contributed by atoms with van der Waals surface area (Å²) in [4.78, 5) is 25.0. The SMILES string of the molecule is C[C@@H]([NH2+][C@H](C)c1ccc(F)c(F)c1)C(=O)NC(=O)NC12CC3CC(CC(C3)C1)C2. The van der Waals surface area contributed by atoms with Crippen LogP contribution in [0.2, 0.25) is 0 Å². The van der Waals surface area contributed by atoms with E-state index >= 15 is 0 Å². The molecule has 0 heterocycles. The zero-order valence-corrected chi connectivity index (χ0v) is 17.0. The first-order valence-electron chi connectivity index (χ1n) is 10.7. The van der Waals surface area contributed by atoms with Crippen molar-refractivity contribution in [3.8, 4) is 0 Å². The average molecular weight is 406 g/mol. The highest BCUT2D eigenvalue weighted by atomic mass is 19.2. The van der Waals surface area contributed by atoms with Crippen LogP contribution in [0.3, 0.4) is 0 Å². The lowest BCUT2D eigenvalue weighted by atomic mass is 9.53. The molecule has 0 aromatic heterocycles. The summed E-state index contributed by atoms with van der Waals surface area (Å²) >= 11 is 0. The first-order valence-corrected chi connectivity index (χ1v) is 10.7. The average Bonchev–Trinajstić information content (AvgIpc) is 2.62. The summed E-state index contributed by atoms with van der Waals surface area (Å²) in [5.74, 6) is -0.0612. The van der Waals surface area contributed by atoms with Gasteiger partial charge in [0.15, 0.2) is 17.7 Å². The van der Waals surface area contributed by atoms with Gasteiger partial charge in [-0.3, -0.25) is 10.1 Å². The largest absolute Gasteiger partial charge is 0.332 e. The molecule has 4 saturated carbocycles. The van der Waals surface area contributed by atoms with Crippen LogP contribution >= 0.6 is 0 Å². The molecule has 5 nitrogen and oxygen atoms in total. The first-order chi connectivity index (χ1) is 13.7. The summed E-state index contributed by atoms with van der Waals surface area (Å²) in [5, 5.41) is 7.35. The van der Waals surface area contributed by atoms with E-state index in [4.69, 9.17) is 0 Å². The van der Waals surface area contributed by atoms with Gasteiger partial charge < -0.3 is 10.6 Å². The van der Waals surface area contributed by atoms with E-state index < -0.39 is 23.7 Å². The number of nitrogens with one attached hydrogen (secondary N) is 2. The molecule has 158 valence electrons. The normalized spacial score (nSPS) is 31.9. The van der Waals surface area contributed by atoms with Crippen LogP contribution in [0.15, 0.2) is 18.2 Å². The van der Waals surface area contributed by atoms with E-state index in [9.17, 15) is 18.4 Å². The number of imide groups is 1. The molecule has 7 heteroatoms. The third-order valence-corrected chi connectivity index (χ3v) is 7.11. The zero-order chi connectivity index (χ0) is 20.8. The number of hydrogen-bond acceptors (Lipinski definition) is 2. The Balaban J connectivity index is 1.30. The van der Waals surface area contributed by atoms with Crippen LogP contribution in [0.25, 0.3) is 0 Å². The van der Waals surface area contributed by atoms with Crippen molar-refractivity contribution in [2.75, 3.05) is 0 Å². The van der Waals surface area contributed by atoms with Crippen molar-refractivity contribution in [2.24, 2.45) is 17.8 Å². The van der Waals surface area contributed by atoms with Crippen LogP contribution in [0.4, 0.5) is 13.6 Å². The monoisotopic (exact) mass is 406 g/mol. The third kappa shape index (κ3) is 4.29. The van der Waals surface area contributed by atoms with Gasteiger partial charge in [-0.1, -0.05) is 0 Å². The summed E-state index contributed by atoms with van der Waals surface area (Å²) in [6, 6.07) is 2.51. The van der Waals surface area contributed by atoms with Gasteiger partial charge in [-0.05, 0) is 88.3 Å². The molecule has 2 atom stereocenters. The van der Waals surface area contributed by atoms with E-state index in [2.05, 4.69) is 10.6 Å². The van der Waals surface area contributed by atoms with Crippen LogP contribution in [0.1, 0.15) is 64.0 Å². The Morgan fingerprint density at radius 1 is 1.03 bits per heavy atom. The maximum absolute atomic E-state index is 13.4. The topological polar surface area (TPSA) is 74.8 Å². The molecular formula is C22H30F2N3O2+. The Kier molecular flexibility index (Phi) is 5.36. The summed E-state index contributed by atoms with van der Waals surface area (Å²) in [6.07, 6.45) is 6.93. The number of carbonyl (C=O) groups excluding carboxylic acids is 2. The summed E-state index contributed by atoms with van der Waals surface area (Å²) in [5.41, 5.74) is 0.437. The molecule has 29 heavy (non-hydrogen) atoms. The quantitative estimate of drug-likeness (QED) is 0.703. The number of halogens is 2. The van der Waals surface area contributed by atoms with Gasteiger partial charge >= 0.3 is 6.03 Å². The fraction of sp³-hybridized carbons (Fsp3) is 0.636. The van der Waals surface area contributed by atoms with E-state index in [0.717, 1.165) is 31.4 Å². The van der Waals surface area contributed by atoms with Gasteiger partial charge in [0.25, 0.3) is 5.91 Å². The van der Waals surface area contributed by atoms with Crippen molar-refractivity contribution in [3.05, 3.63) is 35.4 Å². The molecule has 0 saturated heterocycles. The predicted octanol–water partition coefficient (Wildman–Crippen LogP) is 2.77. The predicted molar refractivity (Wildman–Crippen MR) is 104 cm³/mol. The standard InChI is InChI=1S/C22H29F2N3O2/c1-12(17-3-4-18(23)19(24)8-17)25-13(2)20(28)26-21(29)27-22-9-14-5-15(10-22)7-16(6-14)11-22/h3-4,8,12-16,25H,5-7,9-11H2,1-2H3,(H2,26,27,28,29)/p+1/t12-,13-,14?,15?,16?,22?/m1/s1. The van der Waals surface area contributed by atoms with Crippen molar-refractivity contribution in [3.63, 3.8) is 0 Å². The van der Waals surface area contributed by atoms with E-state index in [1.807, 2.05) is 6.92 Å². The maximum atomic E-state index is 13.4. The molecule has 4 bridgehead atoms. The van der Waals surface area contributed by atoms with E-state index in [0.29, 0.717) is 23.3 Å². The Bertz CT molecular complexity index is 778. The number of quaternary nitrogens is 1. The maximum Gasteiger partial charge on any atom is 0.322 e. The van der Waals surface area contributed by atoms with Crippen LogP contribution in [-0.2, 0) is 4.79 Å². The highest BCUT2D eigenvalue weighted by Gasteiger charge is 2.51. The second-order valence-corrected chi connectivity index (χ2v) is 9.58. The molecule has 3 amide bonds. The highest BCUT2D eigenvalue weighted by molar-refractivity contribution is 5.96. The number of amides is 3. The molecule has 4 aliphatic carbocycles. The van der Waals surface area contributed by atoms with Crippen molar-refractivity contribution in [1.29, 1.82) is 0 Å². The zero-order valence-electron chi connectivity index (χ0n) is 17.0. The minimum Gasteiger partial charge on any atom is -0.332 e. The fourth-order valence-corrected chi connectivity index (χ4v) is 6.19. The highest BCUT2D eigenvalue weighted by Crippen LogP contribution is 2.55. The molecular weight excluding hydrogens is 376 g/mol. The number of urea groups is 1. The van der Waals surface area contributed by atoms with Crippen molar-refractivity contribution >= 4 is 11.9 Å². The van der Waals surface area contributed by atoms with Gasteiger partial charge in [0.2, 0.25) is 0 Å². The van der Waals surface area contributed by atoms with Crippen LogP contribution in [-0.4, -0.2) is 23.5 Å². The van der Waals surface area contributed by atoms with Crippen LogP contribution in [0, 0.1) is 29.4 Å². The lowest BCUT2D eigenvalue weighted by Crippen LogP contribution is -2.92. The van der Waals surface area contributed by atoms with Gasteiger partial charge in [-0.15, -0.1) is 0 Å². The van der Waals surface area contributed by atoms with Crippen molar-refractivity contribution in [1.82, 2.24) is 10.6 Å². The second kappa shape index (κ2) is 7.67. The number of hydrogen-bond donors (Lipinski definition) is 3. The number of benzene rings is 1. The molecule has 0 unspecified atom stereocenters. The molecule has 1 aromatic rings. The van der Waals surface area contributed by atoms with E-state index in [-0.39, 0.29) is 17.5 Å². The van der Waals surface area contributed by atoms with Gasteiger partial charge in [-0.2, -0.15) is 0 Å². The van der Waals surface area contributed by atoms with Crippen molar-refractivity contribution < 1.29 is 23.7 Å². The minimum atomic E-state index is -0.908. The molecule has 4 aliphatic rings. The molecule has 5 rings (SSSR count).